The minimum Gasteiger partial charge on any atom is -0.445 e. The van der Waals surface area contributed by atoms with Crippen molar-refractivity contribution in [3.05, 3.63) is 83.4 Å². The van der Waals surface area contributed by atoms with E-state index in [4.69, 9.17) is 10.5 Å². The molecule has 0 radical (unpaired) electrons. The number of ether oxygens (including phenoxy) is 1. The fourth-order valence-corrected chi connectivity index (χ4v) is 7.60. The lowest BCUT2D eigenvalue weighted by Crippen LogP contribution is -2.56. The lowest BCUT2D eigenvalue weighted by atomic mass is 9.84. The van der Waals surface area contributed by atoms with E-state index in [1.165, 1.54) is 27.9 Å². The highest BCUT2D eigenvalue weighted by atomic mass is 19.1. The second-order valence-corrected chi connectivity index (χ2v) is 15.6. The molecule has 5 amide bonds. The molecular formula is C41H53FN8O8. The molecule has 0 spiro atoms. The van der Waals surface area contributed by atoms with Crippen LogP contribution in [0.3, 0.4) is 0 Å². The molecule has 1 aliphatic heterocycles. The molecular weight excluding hydrogens is 751 g/mol. The molecule has 2 heterocycles. The molecule has 5 rings (SSSR count). The highest BCUT2D eigenvalue weighted by Gasteiger charge is 2.45. The fourth-order valence-electron chi connectivity index (χ4n) is 7.60. The molecule has 6 N–H and O–H groups in total. The van der Waals surface area contributed by atoms with Crippen LogP contribution in [0.4, 0.5) is 9.18 Å². The zero-order chi connectivity index (χ0) is 41.8. The van der Waals surface area contributed by atoms with Gasteiger partial charge >= 0.3 is 6.09 Å². The van der Waals surface area contributed by atoms with E-state index in [0.29, 0.717) is 25.0 Å². The predicted octanol–water partition coefficient (Wildman–Crippen LogP) is 3.19. The van der Waals surface area contributed by atoms with Gasteiger partial charge in [-0.2, -0.15) is 0 Å². The van der Waals surface area contributed by atoms with E-state index in [0.717, 1.165) is 49.8 Å². The summed E-state index contributed by atoms with van der Waals surface area (Å²) in [7, 11) is 0. The van der Waals surface area contributed by atoms with Crippen molar-refractivity contribution in [2.24, 2.45) is 11.7 Å². The summed E-state index contributed by atoms with van der Waals surface area (Å²) in [6, 6.07) is 9.86. The normalized spacial score (nSPS) is 18.2. The van der Waals surface area contributed by atoms with Crippen molar-refractivity contribution in [2.45, 2.75) is 114 Å². The number of benzene rings is 2. The van der Waals surface area contributed by atoms with Crippen LogP contribution in [0.25, 0.3) is 0 Å². The lowest BCUT2D eigenvalue weighted by molar-refractivity contribution is -0.142. The van der Waals surface area contributed by atoms with Gasteiger partial charge in [0.1, 0.15) is 30.1 Å². The Balaban J connectivity index is 1.32. The minimum absolute atomic E-state index is 0.00142. The van der Waals surface area contributed by atoms with Crippen LogP contribution in [0.15, 0.2) is 60.8 Å². The van der Waals surface area contributed by atoms with Crippen molar-refractivity contribution < 1.29 is 43.0 Å². The quantitative estimate of drug-likeness (QED) is 0.0932. The van der Waals surface area contributed by atoms with Crippen molar-refractivity contribution in [1.82, 2.24) is 35.8 Å². The second-order valence-electron chi connectivity index (χ2n) is 15.6. The third kappa shape index (κ3) is 11.9. The van der Waals surface area contributed by atoms with Gasteiger partial charge in [-0.15, -0.1) is 5.10 Å². The number of hydrogen-bond acceptors (Lipinski definition) is 10. The highest BCUT2D eigenvalue weighted by Crippen LogP contribution is 2.33. The molecule has 312 valence electrons. The molecule has 1 aromatic heterocycles. The summed E-state index contributed by atoms with van der Waals surface area (Å²) in [5, 5.41) is 27.2. The first kappa shape index (κ1) is 43.4. The van der Waals surface area contributed by atoms with Crippen molar-refractivity contribution in [1.29, 1.82) is 0 Å². The van der Waals surface area contributed by atoms with Gasteiger partial charge in [0.2, 0.25) is 17.6 Å². The number of amides is 5. The summed E-state index contributed by atoms with van der Waals surface area (Å²) >= 11 is 0. The molecule has 1 unspecified atom stereocenters. The fraction of sp³-hybridized carbons (Fsp3) is 0.512. The van der Waals surface area contributed by atoms with Crippen molar-refractivity contribution in [3.8, 4) is 0 Å². The number of aromatic nitrogens is 3. The average molecular weight is 805 g/mol. The average Bonchev–Trinajstić information content (AvgIpc) is 3.89. The number of alkyl carbamates (subject to hydrolysis) is 1. The van der Waals surface area contributed by atoms with Gasteiger partial charge in [-0.05, 0) is 75.3 Å². The van der Waals surface area contributed by atoms with E-state index in [9.17, 15) is 38.3 Å². The number of primary amides is 1. The molecule has 0 bridgehead atoms. The zero-order valence-corrected chi connectivity index (χ0v) is 32.9. The predicted molar refractivity (Wildman–Crippen MR) is 208 cm³/mol. The van der Waals surface area contributed by atoms with Crippen LogP contribution in [-0.4, -0.2) is 91.7 Å². The van der Waals surface area contributed by atoms with E-state index in [-0.39, 0.29) is 44.0 Å². The van der Waals surface area contributed by atoms with E-state index < -0.39 is 71.1 Å². The molecule has 1 saturated carbocycles. The molecule has 17 heteroatoms. The lowest BCUT2D eigenvalue weighted by Gasteiger charge is -2.32. The maximum Gasteiger partial charge on any atom is 0.407 e. The summed E-state index contributed by atoms with van der Waals surface area (Å²) in [4.78, 5) is 81.1. The second kappa shape index (κ2) is 20.1. The molecule has 1 saturated heterocycles. The molecule has 2 aromatic carbocycles. The number of carbonyl (C=O) groups excluding carboxylic acids is 6. The van der Waals surface area contributed by atoms with Crippen molar-refractivity contribution in [2.75, 3.05) is 13.1 Å². The Labute approximate surface area is 336 Å². The number of ketones is 1. The number of halogens is 1. The van der Waals surface area contributed by atoms with E-state index in [2.05, 4.69) is 26.3 Å². The third-order valence-electron chi connectivity index (χ3n) is 10.7. The Bertz CT molecular complexity index is 1900. The Kier molecular flexibility index (Phi) is 15.1. The minimum atomic E-state index is -1.38. The highest BCUT2D eigenvalue weighted by molar-refractivity contribution is 6.37. The van der Waals surface area contributed by atoms with Gasteiger partial charge in [0.05, 0.1) is 24.0 Å². The van der Waals surface area contributed by atoms with Crippen LogP contribution < -0.4 is 21.7 Å². The number of hydrogen-bond donors (Lipinski definition) is 5. The number of nitrogens with zero attached hydrogens (tertiary/aromatic N) is 4. The monoisotopic (exact) mass is 804 g/mol. The molecule has 2 fully saturated rings. The van der Waals surface area contributed by atoms with Crippen LogP contribution in [-0.2, 0) is 36.1 Å². The van der Waals surface area contributed by atoms with Crippen LogP contribution in [0.5, 0.6) is 0 Å². The van der Waals surface area contributed by atoms with Gasteiger partial charge in [-0.25, -0.2) is 13.9 Å². The Morgan fingerprint density at radius 1 is 0.966 bits per heavy atom. The number of rotatable bonds is 18. The van der Waals surface area contributed by atoms with Gasteiger partial charge in [-0.3, -0.25) is 24.0 Å². The zero-order valence-electron chi connectivity index (χ0n) is 32.9. The Morgan fingerprint density at radius 3 is 2.34 bits per heavy atom. The molecule has 3 aromatic rings. The van der Waals surface area contributed by atoms with Crippen LogP contribution >= 0.6 is 0 Å². The summed E-state index contributed by atoms with van der Waals surface area (Å²) in [5.41, 5.74) is 5.33. The standard InChI is InChI=1S/C41H53FN8O8/c1-41(2,57)34-23-45-48-50(34)30-22-33(38(54)46-31(35(51)36(43)52)15-9-10-20-44-40(56)58-25-27-13-7-4-8-14-27)49(24-30)39(55)32(21-26-11-5-3-6-12-26)47-37(53)28-16-18-29(42)19-17-28/h4,7-8,13-14,16-19,23,26,30-33,57H,3,5-6,9-12,15,20-22,24-25H2,1-2H3,(H2,43,52)(H,44,56)(H,46,54)(H,47,53)/t30-,31?,32+,33-/m0/s1. The summed E-state index contributed by atoms with van der Waals surface area (Å²) < 4.78 is 20.4. The molecule has 2 aliphatic rings. The summed E-state index contributed by atoms with van der Waals surface area (Å²) in [5.74, 6) is -4.54. The first-order valence-corrected chi connectivity index (χ1v) is 19.8. The van der Waals surface area contributed by atoms with E-state index in [1.54, 1.807) is 13.8 Å². The van der Waals surface area contributed by atoms with Crippen LogP contribution in [0.2, 0.25) is 0 Å². The number of nitrogens with one attached hydrogen (secondary N) is 3. The number of unbranched alkanes of at least 4 members (excludes halogenated alkanes) is 1. The van der Waals surface area contributed by atoms with Gasteiger partial charge in [0.15, 0.2) is 0 Å². The number of carbonyl (C=O) groups is 6. The Morgan fingerprint density at radius 2 is 1.67 bits per heavy atom. The molecule has 4 atom stereocenters. The maximum absolute atomic E-state index is 14.7. The molecule has 1 aliphatic carbocycles. The first-order valence-electron chi connectivity index (χ1n) is 19.8. The molecule has 16 nitrogen and oxygen atoms in total. The third-order valence-corrected chi connectivity index (χ3v) is 10.7. The van der Waals surface area contributed by atoms with Crippen molar-refractivity contribution >= 4 is 35.5 Å². The number of Topliss-reactive ketones (excluding diaryl/α,β-unsaturated/α-hetero) is 1. The van der Waals surface area contributed by atoms with E-state index in [1.807, 2.05) is 30.3 Å². The Hall–Kier alpha value is -5.71. The number of nitrogens with two attached hydrogens (primary N) is 1. The number of aliphatic hydroxyl groups is 1. The van der Waals surface area contributed by atoms with Gasteiger partial charge in [-0.1, -0.05) is 67.6 Å². The summed E-state index contributed by atoms with van der Waals surface area (Å²) in [6.45, 7) is 3.33. The topological polar surface area (TPSA) is 228 Å². The maximum atomic E-state index is 14.7. The van der Waals surface area contributed by atoms with Gasteiger partial charge in [0.25, 0.3) is 11.8 Å². The first-order chi connectivity index (χ1) is 27.7. The van der Waals surface area contributed by atoms with Gasteiger partial charge < -0.3 is 36.4 Å². The summed E-state index contributed by atoms with van der Waals surface area (Å²) in [6.07, 6.45) is 6.48. The smallest absolute Gasteiger partial charge is 0.407 e. The van der Waals surface area contributed by atoms with Crippen LogP contribution in [0.1, 0.15) is 106 Å². The van der Waals surface area contributed by atoms with E-state index >= 15 is 0 Å². The number of likely N-dealkylation sites (tertiary alicyclic amines) is 1. The largest absolute Gasteiger partial charge is 0.445 e. The molecule has 58 heavy (non-hydrogen) atoms. The van der Waals surface area contributed by atoms with Crippen molar-refractivity contribution in [3.63, 3.8) is 0 Å². The van der Waals surface area contributed by atoms with Crippen LogP contribution in [0, 0.1) is 11.7 Å². The van der Waals surface area contributed by atoms with Gasteiger partial charge in [0, 0.05) is 25.1 Å². The SMILES string of the molecule is CC(C)(O)c1cnnn1[C@H]1C[C@@H](C(=O)NC(CCCCNC(=O)OCc2ccccc2)C(=O)C(N)=O)N(C(=O)[C@@H](CC2CCCCC2)NC(=O)c2ccc(F)cc2)C1.